The largest absolute Gasteiger partial charge is 0.396 e. The summed E-state index contributed by atoms with van der Waals surface area (Å²) in [5.74, 6) is 0.183. The van der Waals surface area contributed by atoms with Crippen LogP contribution in [0.5, 0.6) is 0 Å². The van der Waals surface area contributed by atoms with Gasteiger partial charge in [0.25, 0.3) is 5.91 Å². The van der Waals surface area contributed by atoms with Gasteiger partial charge in [-0.25, -0.2) is 0 Å². The molecule has 0 saturated heterocycles. The second-order valence-electron chi connectivity index (χ2n) is 4.77. The topological polar surface area (TPSA) is 95.2 Å². The van der Waals surface area contributed by atoms with E-state index in [4.69, 9.17) is 10.8 Å². The molecule has 0 atom stereocenters. The third-order valence-electron chi connectivity index (χ3n) is 3.52. The zero-order valence-electron chi connectivity index (χ0n) is 10.6. The van der Waals surface area contributed by atoms with E-state index in [1.54, 1.807) is 6.92 Å². The van der Waals surface area contributed by atoms with Gasteiger partial charge in [-0.1, -0.05) is 0 Å². The lowest BCUT2D eigenvalue weighted by Crippen LogP contribution is -2.45. The maximum absolute atomic E-state index is 12.5. The zero-order chi connectivity index (χ0) is 13.1. The van der Waals surface area contributed by atoms with Gasteiger partial charge in [-0.2, -0.15) is 5.10 Å². The van der Waals surface area contributed by atoms with Crippen molar-refractivity contribution in [1.82, 2.24) is 15.1 Å². The van der Waals surface area contributed by atoms with Gasteiger partial charge in [-0.05, 0) is 32.6 Å². The Morgan fingerprint density at radius 2 is 2.33 bits per heavy atom. The van der Waals surface area contributed by atoms with Crippen LogP contribution in [0.1, 0.15) is 41.7 Å². The molecule has 1 amide bonds. The summed E-state index contributed by atoms with van der Waals surface area (Å²) < 4.78 is 0. The number of nitrogens with one attached hydrogen (secondary N) is 1. The minimum absolute atomic E-state index is 0.0723. The molecule has 6 heteroatoms. The van der Waals surface area contributed by atoms with Crippen molar-refractivity contribution in [2.75, 3.05) is 18.9 Å². The summed E-state index contributed by atoms with van der Waals surface area (Å²) in [6.45, 7) is 2.46. The second kappa shape index (κ2) is 5.39. The third-order valence-corrected chi connectivity index (χ3v) is 3.52. The number of anilines is 1. The van der Waals surface area contributed by atoms with Crippen LogP contribution in [0.4, 0.5) is 5.82 Å². The molecule has 0 unspecified atom stereocenters. The van der Waals surface area contributed by atoms with Crippen molar-refractivity contribution in [1.29, 1.82) is 0 Å². The molecule has 1 aromatic rings. The van der Waals surface area contributed by atoms with Crippen LogP contribution in [0, 0.1) is 6.92 Å². The number of aromatic nitrogens is 2. The molecular formula is C12H20N4O2. The van der Waals surface area contributed by atoms with Gasteiger partial charge < -0.3 is 15.7 Å². The van der Waals surface area contributed by atoms with Crippen LogP contribution in [-0.4, -0.2) is 45.3 Å². The van der Waals surface area contributed by atoms with Gasteiger partial charge in [-0.15, -0.1) is 0 Å². The van der Waals surface area contributed by atoms with E-state index in [0.717, 1.165) is 19.3 Å². The molecule has 1 aromatic heterocycles. The molecule has 1 saturated carbocycles. The summed E-state index contributed by atoms with van der Waals surface area (Å²) in [6.07, 6.45) is 3.83. The number of hydrogen-bond acceptors (Lipinski definition) is 4. The molecule has 6 nitrogen and oxygen atoms in total. The van der Waals surface area contributed by atoms with Gasteiger partial charge in [0.2, 0.25) is 0 Å². The Kier molecular flexibility index (Phi) is 3.86. The molecule has 2 rings (SSSR count). The summed E-state index contributed by atoms with van der Waals surface area (Å²) in [7, 11) is 0. The highest BCUT2D eigenvalue weighted by Crippen LogP contribution is 2.27. The molecule has 1 aliphatic carbocycles. The predicted molar refractivity (Wildman–Crippen MR) is 68.1 cm³/mol. The Morgan fingerprint density at radius 1 is 1.61 bits per heavy atom. The average molecular weight is 252 g/mol. The fraction of sp³-hybridized carbons (Fsp3) is 0.667. The van der Waals surface area contributed by atoms with E-state index in [1.807, 2.05) is 4.90 Å². The molecule has 1 fully saturated rings. The first-order chi connectivity index (χ1) is 8.65. The lowest BCUT2D eigenvalue weighted by atomic mass is 9.90. The summed E-state index contributed by atoms with van der Waals surface area (Å²) in [5, 5.41) is 15.5. The van der Waals surface area contributed by atoms with Crippen LogP contribution in [0.25, 0.3) is 0 Å². The lowest BCUT2D eigenvalue weighted by Gasteiger charge is -2.37. The van der Waals surface area contributed by atoms with E-state index < -0.39 is 0 Å². The van der Waals surface area contributed by atoms with Gasteiger partial charge in [-0.3, -0.25) is 9.89 Å². The van der Waals surface area contributed by atoms with Gasteiger partial charge in [0, 0.05) is 24.9 Å². The number of H-pyrrole nitrogens is 1. The van der Waals surface area contributed by atoms with E-state index >= 15 is 0 Å². The number of aryl methyl sites for hydroxylation is 1. The number of nitrogens with two attached hydrogens (primary N) is 1. The van der Waals surface area contributed by atoms with Crippen LogP contribution in [0.2, 0.25) is 0 Å². The van der Waals surface area contributed by atoms with Crippen LogP contribution in [0.15, 0.2) is 0 Å². The molecule has 100 valence electrons. The number of carbonyl (C=O) groups excluding carboxylic acids is 1. The summed E-state index contributed by atoms with van der Waals surface area (Å²) in [4.78, 5) is 14.3. The Bertz CT molecular complexity index is 406. The fourth-order valence-corrected chi connectivity index (χ4v) is 2.25. The Balaban J connectivity index is 2.16. The zero-order valence-corrected chi connectivity index (χ0v) is 10.6. The summed E-state index contributed by atoms with van der Waals surface area (Å²) in [6, 6.07) is 0.290. The molecule has 18 heavy (non-hydrogen) atoms. The highest BCUT2D eigenvalue weighted by molar-refractivity contribution is 5.99. The van der Waals surface area contributed by atoms with Crippen LogP contribution < -0.4 is 5.73 Å². The molecule has 4 N–H and O–H groups in total. The van der Waals surface area contributed by atoms with E-state index in [2.05, 4.69) is 10.2 Å². The van der Waals surface area contributed by atoms with Crippen molar-refractivity contribution < 1.29 is 9.90 Å². The van der Waals surface area contributed by atoms with Crippen molar-refractivity contribution in [3.05, 3.63) is 11.3 Å². The molecule has 0 bridgehead atoms. The predicted octanol–water partition coefficient (Wildman–Crippen LogP) is 0.677. The summed E-state index contributed by atoms with van der Waals surface area (Å²) >= 11 is 0. The molecule has 1 aliphatic rings. The SMILES string of the molecule is Cc1[nH]nc(N)c1C(=O)N(CCCO)C1CCC1. The smallest absolute Gasteiger partial charge is 0.259 e. The third kappa shape index (κ3) is 2.33. The first-order valence-corrected chi connectivity index (χ1v) is 6.37. The number of aliphatic hydroxyl groups is 1. The van der Waals surface area contributed by atoms with Gasteiger partial charge in [0.15, 0.2) is 5.82 Å². The number of aliphatic hydroxyl groups excluding tert-OH is 1. The molecule has 0 aliphatic heterocycles. The molecule has 0 aromatic carbocycles. The monoisotopic (exact) mass is 252 g/mol. The van der Waals surface area contributed by atoms with E-state index in [-0.39, 0.29) is 24.4 Å². The van der Waals surface area contributed by atoms with E-state index in [1.165, 1.54) is 0 Å². The first-order valence-electron chi connectivity index (χ1n) is 6.37. The summed E-state index contributed by atoms with van der Waals surface area (Å²) in [5.41, 5.74) is 6.90. The molecule has 0 radical (unpaired) electrons. The van der Waals surface area contributed by atoms with Gasteiger partial charge in [0.05, 0.1) is 0 Å². The first kappa shape index (κ1) is 12.9. The van der Waals surface area contributed by atoms with E-state index in [9.17, 15) is 4.79 Å². The van der Waals surface area contributed by atoms with Crippen molar-refractivity contribution in [2.45, 2.75) is 38.6 Å². The van der Waals surface area contributed by atoms with E-state index in [0.29, 0.717) is 24.2 Å². The maximum atomic E-state index is 12.5. The van der Waals surface area contributed by atoms with Gasteiger partial charge in [0.1, 0.15) is 5.56 Å². The van der Waals surface area contributed by atoms with Gasteiger partial charge >= 0.3 is 0 Å². The number of nitrogens with zero attached hydrogens (tertiary/aromatic N) is 2. The number of amides is 1. The molecule has 1 heterocycles. The number of hydrogen-bond donors (Lipinski definition) is 3. The normalized spacial score (nSPS) is 15.4. The van der Waals surface area contributed by atoms with Crippen LogP contribution in [-0.2, 0) is 0 Å². The molecular weight excluding hydrogens is 232 g/mol. The van der Waals surface area contributed by atoms with Crippen LogP contribution >= 0.6 is 0 Å². The Morgan fingerprint density at radius 3 is 2.78 bits per heavy atom. The Hall–Kier alpha value is -1.56. The Labute approximate surface area is 106 Å². The molecule has 0 spiro atoms. The second-order valence-corrected chi connectivity index (χ2v) is 4.77. The lowest BCUT2D eigenvalue weighted by molar-refractivity contribution is 0.0563. The minimum atomic E-state index is -0.0723. The number of aromatic amines is 1. The highest BCUT2D eigenvalue weighted by atomic mass is 16.3. The van der Waals surface area contributed by atoms with Crippen molar-refractivity contribution in [3.63, 3.8) is 0 Å². The van der Waals surface area contributed by atoms with Crippen molar-refractivity contribution in [2.24, 2.45) is 0 Å². The van der Waals surface area contributed by atoms with Crippen LogP contribution in [0.3, 0.4) is 0 Å². The standard InChI is InChI=1S/C12H20N4O2/c1-8-10(11(13)15-14-8)12(18)16(6-3-7-17)9-4-2-5-9/h9,17H,2-7H2,1H3,(H3,13,14,15). The maximum Gasteiger partial charge on any atom is 0.259 e. The quantitative estimate of drug-likeness (QED) is 0.718. The average Bonchev–Trinajstić information content (AvgIpc) is 2.61. The minimum Gasteiger partial charge on any atom is -0.396 e. The highest BCUT2D eigenvalue weighted by Gasteiger charge is 2.31. The number of rotatable bonds is 5. The van der Waals surface area contributed by atoms with Crippen molar-refractivity contribution >= 4 is 11.7 Å². The van der Waals surface area contributed by atoms with Crippen molar-refractivity contribution in [3.8, 4) is 0 Å². The number of carbonyl (C=O) groups is 1. The number of nitrogen functional groups attached to an aromatic ring is 1. The fourth-order valence-electron chi connectivity index (χ4n) is 2.25.